The first kappa shape index (κ1) is 16.5. The van der Waals surface area contributed by atoms with E-state index in [-0.39, 0.29) is 11.6 Å². The molecule has 1 atom stereocenters. The van der Waals surface area contributed by atoms with Crippen LogP contribution in [0.3, 0.4) is 0 Å². The first-order valence-electron chi connectivity index (χ1n) is 8.27. The van der Waals surface area contributed by atoms with Crippen molar-refractivity contribution in [1.29, 1.82) is 0 Å². The van der Waals surface area contributed by atoms with Crippen molar-refractivity contribution in [3.63, 3.8) is 0 Å². The number of carbonyl (C=O) groups is 2. The topological polar surface area (TPSA) is 58.6 Å². The molecule has 0 aromatic heterocycles. The van der Waals surface area contributed by atoms with E-state index in [0.29, 0.717) is 17.9 Å². The number of carbonyl (C=O) groups excluding carboxylic acids is 2. The van der Waals surface area contributed by atoms with Crippen LogP contribution in [0, 0.1) is 11.6 Å². The normalized spacial score (nSPS) is 17.9. The first-order chi connectivity index (χ1) is 12.5. The van der Waals surface area contributed by atoms with Crippen LogP contribution in [-0.4, -0.2) is 25.5 Å². The van der Waals surface area contributed by atoms with Crippen LogP contribution in [0.2, 0.25) is 0 Å². The average molecular weight is 358 g/mol. The van der Waals surface area contributed by atoms with Gasteiger partial charge in [-0.25, -0.2) is 8.78 Å². The van der Waals surface area contributed by atoms with Gasteiger partial charge in [0.25, 0.3) is 0 Å². The Morgan fingerprint density at radius 3 is 2.85 bits per heavy atom. The number of amides is 2. The molecular weight excluding hydrogens is 342 g/mol. The van der Waals surface area contributed by atoms with Crippen LogP contribution in [0.1, 0.15) is 23.5 Å². The van der Waals surface area contributed by atoms with Gasteiger partial charge in [-0.3, -0.25) is 9.59 Å². The summed E-state index contributed by atoms with van der Waals surface area (Å²) in [6.45, 7) is 0.531. The summed E-state index contributed by atoms with van der Waals surface area (Å²) in [5, 5.41) is 2.34. The van der Waals surface area contributed by atoms with Crippen molar-refractivity contribution in [2.75, 3.05) is 23.9 Å². The van der Waals surface area contributed by atoms with Gasteiger partial charge in [0.1, 0.15) is 23.3 Å². The van der Waals surface area contributed by atoms with E-state index in [1.165, 1.54) is 7.11 Å². The molecule has 1 unspecified atom stereocenters. The molecule has 2 aliphatic heterocycles. The number of nitrogens with zero attached hydrogens (tertiary/aromatic N) is 1. The van der Waals surface area contributed by atoms with Crippen LogP contribution in [0.4, 0.5) is 20.2 Å². The molecule has 0 radical (unpaired) electrons. The number of anilines is 2. The number of hydrogen-bond acceptors (Lipinski definition) is 3. The number of ether oxygens (including phenoxy) is 1. The summed E-state index contributed by atoms with van der Waals surface area (Å²) in [4.78, 5) is 27.2. The van der Waals surface area contributed by atoms with Crippen LogP contribution in [0.5, 0.6) is 5.75 Å². The zero-order chi connectivity index (χ0) is 18.4. The van der Waals surface area contributed by atoms with Crippen LogP contribution in [0.15, 0.2) is 30.3 Å². The predicted molar refractivity (Wildman–Crippen MR) is 91.4 cm³/mol. The highest BCUT2D eigenvalue weighted by Gasteiger charge is 2.44. The lowest BCUT2D eigenvalue weighted by molar-refractivity contribution is -0.126. The van der Waals surface area contributed by atoms with Gasteiger partial charge in [-0.15, -0.1) is 0 Å². The number of methoxy groups -OCH3 is 1. The van der Waals surface area contributed by atoms with E-state index in [0.717, 1.165) is 42.3 Å². The van der Waals surface area contributed by atoms with Crippen molar-refractivity contribution in [3.05, 3.63) is 53.1 Å². The Morgan fingerprint density at radius 2 is 2.08 bits per heavy atom. The molecule has 26 heavy (non-hydrogen) atoms. The van der Waals surface area contributed by atoms with Crippen molar-refractivity contribution < 1.29 is 23.1 Å². The summed E-state index contributed by atoms with van der Waals surface area (Å²) in [6.07, 6.45) is 1.58. The Morgan fingerprint density at radius 1 is 1.27 bits per heavy atom. The van der Waals surface area contributed by atoms with Crippen LogP contribution in [-0.2, 0) is 16.0 Å². The van der Waals surface area contributed by atoms with Gasteiger partial charge in [0.15, 0.2) is 0 Å². The minimum atomic E-state index is -1.11. The second-order valence-electron chi connectivity index (χ2n) is 6.36. The van der Waals surface area contributed by atoms with Gasteiger partial charge >= 0.3 is 0 Å². The maximum absolute atomic E-state index is 13.8. The lowest BCUT2D eigenvalue weighted by Gasteiger charge is -2.25. The minimum absolute atomic E-state index is 0.291. The van der Waals surface area contributed by atoms with E-state index in [1.54, 1.807) is 11.0 Å². The fraction of sp³-hybridized carbons (Fsp3) is 0.263. The zero-order valence-electron chi connectivity index (χ0n) is 14.0. The third-order valence-corrected chi connectivity index (χ3v) is 4.80. The van der Waals surface area contributed by atoms with Crippen molar-refractivity contribution in [3.8, 4) is 5.75 Å². The largest absolute Gasteiger partial charge is 0.497 e. The zero-order valence-corrected chi connectivity index (χ0v) is 14.0. The predicted octanol–water partition coefficient (Wildman–Crippen LogP) is 2.99. The molecule has 5 nitrogen and oxygen atoms in total. The summed E-state index contributed by atoms with van der Waals surface area (Å²) in [5.41, 5.74) is 1.94. The first-order valence-corrected chi connectivity index (χ1v) is 8.27. The van der Waals surface area contributed by atoms with Gasteiger partial charge in [-0.05, 0) is 42.7 Å². The van der Waals surface area contributed by atoms with Crippen LogP contribution < -0.4 is 15.0 Å². The summed E-state index contributed by atoms with van der Waals surface area (Å²) < 4.78 is 32.5. The SMILES string of the molecule is COc1cc2c3c(c1)C(C(=O)Nc1cc(F)ccc1F)C(=O)N3CCC2. The maximum Gasteiger partial charge on any atom is 0.244 e. The molecule has 2 aliphatic rings. The highest BCUT2D eigenvalue weighted by molar-refractivity contribution is 6.21. The van der Waals surface area contributed by atoms with Crippen molar-refractivity contribution in [1.82, 2.24) is 0 Å². The molecule has 1 N–H and O–H groups in total. The summed E-state index contributed by atoms with van der Waals surface area (Å²) in [5.74, 6) is -3.04. The Bertz CT molecular complexity index is 929. The minimum Gasteiger partial charge on any atom is -0.497 e. The van der Waals surface area contributed by atoms with E-state index in [1.807, 2.05) is 6.07 Å². The molecule has 7 heteroatoms. The molecule has 2 aromatic carbocycles. The molecule has 134 valence electrons. The van der Waals surface area contributed by atoms with Gasteiger partial charge in [0.05, 0.1) is 18.5 Å². The van der Waals surface area contributed by atoms with Crippen molar-refractivity contribution >= 4 is 23.2 Å². The lowest BCUT2D eigenvalue weighted by atomic mass is 9.95. The second-order valence-corrected chi connectivity index (χ2v) is 6.36. The lowest BCUT2D eigenvalue weighted by Crippen LogP contribution is -2.36. The van der Waals surface area contributed by atoms with Gasteiger partial charge in [0, 0.05) is 18.2 Å². The van der Waals surface area contributed by atoms with Gasteiger partial charge < -0.3 is 15.0 Å². The smallest absolute Gasteiger partial charge is 0.244 e. The van der Waals surface area contributed by atoms with Gasteiger partial charge in [-0.1, -0.05) is 0 Å². The molecule has 2 aromatic rings. The van der Waals surface area contributed by atoms with E-state index >= 15 is 0 Å². The Hall–Kier alpha value is -2.96. The Balaban J connectivity index is 1.74. The van der Waals surface area contributed by atoms with Crippen LogP contribution in [0.25, 0.3) is 0 Å². The Labute approximate surface area is 148 Å². The van der Waals surface area contributed by atoms with E-state index in [4.69, 9.17) is 4.74 Å². The molecule has 0 aliphatic carbocycles. The third kappa shape index (κ3) is 2.51. The molecule has 0 fully saturated rings. The molecule has 0 saturated heterocycles. The van der Waals surface area contributed by atoms with Crippen LogP contribution >= 0.6 is 0 Å². The second kappa shape index (κ2) is 6.09. The third-order valence-electron chi connectivity index (χ3n) is 4.80. The number of hydrogen-bond donors (Lipinski definition) is 1. The quantitative estimate of drug-likeness (QED) is 0.858. The fourth-order valence-electron chi connectivity index (χ4n) is 3.65. The Kier molecular flexibility index (Phi) is 3.86. The van der Waals surface area contributed by atoms with E-state index in [2.05, 4.69) is 5.32 Å². The molecule has 0 spiro atoms. The summed E-state index contributed by atoms with van der Waals surface area (Å²) in [7, 11) is 1.52. The molecule has 0 saturated carbocycles. The molecule has 4 rings (SSSR count). The molecule has 0 bridgehead atoms. The number of nitrogens with one attached hydrogen (secondary N) is 1. The van der Waals surface area contributed by atoms with Crippen molar-refractivity contribution in [2.45, 2.75) is 18.8 Å². The average Bonchev–Trinajstić information content (AvgIpc) is 2.91. The number of aryl methyl sites for hydroxylation is 1. The molecule has 2 heterocycles. The maximum atomic E-state index is 13.8. The highest BCUT2D eigenvalue weighted by Crippen LogP contribution is 2.45. The number of halogens is 2. The fourth-order valence-corrected chi connectivity index (χ4v) is 3.65. The van der Waals surface area contributed by atoms with E-state index < -0.39 is 23.5 Å². The summed E-state index contributed by atoms with van der Waals surface area (Å²) in [6, 6.07) is 6.30. The molecular formula is C19H16F2N2O3. The molecule has 2 amide bonds. The standard InChI is InChI=1S/C19H16F2N2O3/c1-26-12-7-10-3-2-6-23-17(10)13(9-12)16(19(23)25)18(24)22-15-8-11(20)4-5-14(15)21/h4-5,7-9,16H,2-3,6H2,1H3,(H,22,24). The van der Waals surface area contributed by atoms with Gasteiger partial charge in [-0.2, -0.15) is 0 Å². The monoisotopic (exact) mass is 358 g/mol. The highest BCUT2D eigenvalue weighted by atomic mass is 19.1. The van der Waals surface area contributed by atoms with Crippen molar-refractivity contribution in [2.24, 2.45) is 0 Å². The number of rotatable bonds is 3. The summed E-state index contributed by atoms with van der Waals surface area (Å²) >= 11 is 0. The van der Waals surface area contributed by atoms with E-state index in [9.17, 15) is 18.4 Å². The number of benzene rings is 2. The van der Waals surface area contributed by atoms with Gasteiger partial charge in [0.2, 0.25) is 11.8 Å².